The van der Waals surface area contributed by atoms with Crippen LogP contribution in [0, 0.1) is 0 Å². The molecule has 0 aliphatic heterocycles. The molecule has 0 atom stereocenters. The number of pyridine rings is 1. The Balaban J connectivity index is 2.40. The van der Waals surface area contributed by atoms with Crippen molar-refractivity contribution in [3.63, 3.8) is 0 Å². The van der Waals surface area contributed by atoms with Crippen LogP contribution in [-0.2, 0) is 0 Å². The van der Waals surface area contributed by atoms with Gasteiger partial charge in [0.15, 0.2) is 5.78 Å². The van der Waals surface area contributed by atoms with Crippen molar-refractivity contribution in [1.29, 1.82) is 0 Å². The van der Waals surface area contributed by atoms with E-state index < -0.39 is 0 Å². The zero-order valence-electron chi connectivity index (χ0n) is 9.23. The van der Waals surface area contributed by atoms with Gasteiger partial charge in [0.1, 0.15) is 0 Å². The second kappa shape index (κ2) is 4.86. The van der Waals surface area contributed by atoms with Crippen LogP contribution < -0.4 is 5.32 Å². The van der Waals surface area contributed by atoms with Crippen LogP contribution in [-0.4, -0.2) is 23.9 Å². The molecule has 3 nitrogen and oxygen atoms in total. The lowest BCUT2D eigenvalue weighted by Crippen LogP contribution is -2.22. The van der Waals surface area contributed by atoms with Crippen LogP contribution >= 0.6 is 0 Å². The van der Waals surface area contributed by atoms with Crippen LogP contribution in [0.4, 0.5) is 0 Å². The standard InChI is InChI=1S/C13H14N2O/c1-2-14-9-13(16)11-5-3-4-10-6-7-15-8-12(10)11/h3-8,14H,2,9H2,1H3. The molecule has 0 saturated heterocycles. The Hall–Kier alpha value is -1.74. The van der Waals surface area contributed by atoms with Gasteiger partial charge in [0.05, 0.1) is 6.54 Å². The van der Waals surface area contributed by atoms with E-state index in [-0.39, 0.29) is 5.78 Å². The van der Waals surface area contributed by atoms with Crippen LogP contribution in [0.15, 0.2) is 36.7 Å². The summed E-state index contributed by atoms with van der Waals surface area (Å²) >= 11 is 0. The summed E-state index contributed by atoms with van der Waals surface area (Å²) in [5.41, 5.74) is 0.742. The van der Waals surface area contributed by atoms with Crippen molar-refractivity contribution in [2.24, 2.45) is 0 Å². The number of benzene rings is 1. The predicted octanol–water partition coefficient (Wildman–Crippen LogP) is 2.03. The number of aromatic nitrogens is 1. The summed E-state index contributed by atoms with van der Waals surface area (Å²) < 4.78 is 0. The smallest absolute Gasteiger partial charge is 0.177 e. The molecular formula is C13H14N2O. The number of carbonyl (C=O) groups is 1. The fraction of sp³-hybridized carbons (Fsp3) is 0.231. The number of nitrogens with zero attached hydrogens (tertiary/aromatic N) is 1. The number of rotatable bonds is 4. The number of ketones is 1. The third-order valence-corrected chi connectivity index (χ3v) is 2.52. The lowest BCUT2D eigenvalue weighted by atomic mass is 10.0. The summed E-state index contributed by atoms with van der Waals surface area (Å²) in [5, 5.41) is 5.02. The molecule has 2 aromatic rings. The highest BCUT2D eigenvalue weighted by molar-refractivity contribution is 6.08. The zero-order valence-corrected chi connectivity index (χ0v) is 9.23. The van der Waals surface area contributed by atoms with Crippen LogP contribution in [0.1, 0.15) is 17.3 Å². The van der Waals surface area contributed by atoms with Crippen molar-refractivity contribution < 1.29 is 4.79 Å². The van der Waals surface area contributed by atoms with Crippen molar-refractivity contribution in [2.45, 2.75) is 6.92 Å². The van der Waals surface area contributed by atoms with Gasteiger partial charge < -0.3 is 5.32 Å². The molecule has 0 aliphatic rings. The lowest BCUT2D eigenvalue weighted by molar-refractivity contribution is 0.0993. The van der Waals surface area contributed by atoms with E-state index in [1.54, 1.807) is 12.4 Å². The van der Waals surface area contributed by atoms with Crippen molar-refractivity contribution >= 4 is 16.6 Å². The molecule has 0 radical (unpaired) electrons. The van der Waals surface area contributed by atoms with E-state index in [0.29, 0.717) is 6.54 Å². The summed E-state index contributed by atoms with van der Waals surface area (Å²) in [4.78, 5) is 16.0. The molecule has 0 bridgehead atoms. The minimum atomic E-state index is 0.112. The molecule has 0 spiro atoms. The molecular weight excluding hydrogens is 200 g/mol. The quantitative estimate of drug-likeness (QED) is 0.792. The van der Waals surface area contributed by atoms with E-state index in [2.05, 4.69) is 10.3 Å². The van der Waals surface area contributed by atoms with Gasteiger partial charge in [0.25, 0.3) is 0 Å². The van der Waals surface area contributed by atoms with E-state index in [1.807, 2.05) is 31.2 Å². The highest BCUT2D eigenvalue weighted by Crippen LogP contribution is 2.17. The van der Waals surface area contributed by atoms with Gasteiger partial charge in [-0.2, -0.15) is 0 Å². The maximum atomic E-state index is 11.9. The Kier molecular flexibility index (Phi) is 3.27. The van der Waals surface area contributed by atoms with Gasteiger partial charge in [-0.15, -0.1) is 0 Å². The van der Waals surface area contributed by atoms with E-state index in [0.717, 1.165) is 22.9 Å². The summed E-state index contributed by atoms with van der Waals surface area (Å²) in [5.74, 6) is 0.112. The molecule has 0 fully saturated rings. The maximum absolute atomic E-state index is 11.9. The Bertz CT molecular complexity index is 503. The monoisotopic (exact) mass is 214 g/mol. The number of Topliss-reactive ketones (excluding diaryl/α,β-unsaturated/α-hetero) is 1. The second-order valence-electron chi connectivity index (χ2n) is 3.61. The average molecular weight is 214 g/mol. The first-order valence-electron chi connectivity index (χ1n) is 5.39. The van der Waals surface area contributed by atoms with Gasteiger partial charge in [0, 0.05) is 23.3 Å². The Morgan fingerprint density at radius 2 is 2.25 bits per heavy atom. The average Bonchev–Trinajstić information content (AvgIpc) is 2.35. The number of carbonyl (C=O) groups excluding carboxylic acids is 1. The molecule has 0 aliphatic carbocycles. The third kappa shape index (κ3) is 2.09. The third-order valence-electron chi connectivity index (χ3n) is 2.52. The Morgan fingerprint density at radius 3 is 3.06 bits per heavy atom. The molecule has 2 rings (SSSR count). The Morgan fingerprint density at radius 1 is 1.38 bits per heavy atom. The Labute approximate surface area is 94.5 Å². The lowest BCUT2D eigenvalue weighted by Gasteiger charge is -2.05. The zero-order chi connectivity index (χ0) is 11.4. The van der Waals surface area contributed by atoms with Crippen molar-refractivity contribution in [3.05, 3.63) is 42.2 Å². The van der Waals surface area contributed by atoms with E-state index >= 15 is 0 Å². The van der Waals surface area contributed by atoms with Crippen molar-refractivity contribution in [1.82, 2.24) is 10.3 Å². The molecule has 3 heteroatoms. The minimum Gasteiger partial charge on any atom is -0.310 e. The number of hydrogen-bond acceptors (Lipinski definition) is 3. The molecule has 1 heterocycles. The molecule has 1 aromatic heterocycles. The molecule has 82 valence electrons. The topological polar surface area (TPSA) is 42.0 Å². The van der Waals surface area contributed by atoms with E-state index in [9.17, 15) is 4.79 Å². The predicted molar refractivity (Wildman–Crippen MR) is 64.6 cm³/mol. The van der Waals surface area contributed by atoms with Crippen LogP contribution in [0.25, 0.3) is 10.8 Å². The molecule has 1 N–H and O–H groups in total. The molecule has 16 heavy (non-hydrogen) atoms. The van der Waals surface area contributed by atoms with Crippen LogP contribution in [0.5, 0.6) is 0 Å². The molecule has 1 aromatic carbocycles. The van der Waals surface area contributed by atoms with Gasteiger partial charge in [0.2, 0.25) is 0 Å². The summed E-state index contributed by atoms with van der Waals surface area (Å²) in [6, 6.07) is 7.66. The first-order valence-corrected chi connectivity index (χ1v) is 5.39. The number of hydrogen-bond donors (Lipinski definition) is 1. The normalized spacial score (nSPS) is 10.6. The maximum Gasteiger partial charge on any atom is 0.177 e. The van der Waals surface area contributed by atoms with Gasteiger partial charge in [-0.1, -0.05) is 25.1 Å². The van der Waals surface area contributed by atoms with E-state index in [1.165, 1.54) is 0 Å². The minimum absolute atomic E-state index is 0.112. The van der Waals surface area contributed by atoms with Gasteiger partial charge in [-0.25, -0.2) is 0 Å². The fourth-order valence-electron chi connectivity index (χ4n) is 1.69. The highest BCUT2D eigenvalue weighted by atomic mass is 16.1. The number of fused-ring (bicyclic) bond motifs is 1. The second-order valence-corrected chi connectivity index (χ2v) is 3.61. The largest absolute Gasteiger partial charge is 0.310 e. The fourth-order valence-corrected chi connectivity index (χ4v) is 1.69. The summed E-state index contributed by atoms with van der Waals surface area (Å²) in [7, 11) is 0. The summed E-state index contributed by atoms with van der Waals surface area (Å²) in [6.45, 7) is 3.16. The first-order chi connectivity index (χ1) is 7.83. The van der Waals surface area contributed by atoms with Crippen molar-refractivity contribution in [2.75, 3.05) is 13.1 Å². The summed E-state index contributed by atoms with van der Waals surface area (Å²) in [6.07, 6.45) is 3.48. The molecule has 0 saturated carbocycles. The SMILES string of the molecule is CCNCC(=O)c1cccc2ccncc12. The van der Waals surface area contributed by atoms with E-state index in [4.69, 9.17) is 0 Å². The van der Waals surface area contributed by atoms with Gasteiger partial charge in [-0.05, 0) is 18.0 Å². The van der Waals surface area contributed by atoms with Gasteiger partial charge >= 0.3 is 0 Å². The van der Waals surface area contributed by atoms with Crippen molar-refractivity contribution in [3.8, 4) is 0 Å². The first kappa shape index (κ1) is 10.8. The highest BCUT2D eigenvalue weighted by Gasteiger charge is 2.08. The number of likely N-dealkylation sites (N-methyl/N-ethyl adjacent to an activating group) is 1. The van der Waals surface area contributed by atoms with Crippen LogP contribution in [0.3, 0.4) is 0 Å². The number of nitrogens with one attached hydrogen (secondary N) is 1. The van der Waals surface area contributed by atoms with Crippen LogP contribution in [0.2, 0.25) is 0 Å². The van der Waals surface area contributed by atoms with Gasteiger partial charge in [-0.3, -0.25) is 9.78 Å². The molecule has 0 unspecified atom stereocenters. The molecule has 0 amide bonds.